The van der Waals surface area contributed by atoms with E-state index in [-0.39, 0.29) is 5.54 Å². The topological polar surface area (TPSA) is 33.3 Å². The highest BCUT2D eigenvalue weighted by Gasteiger charge is 2.15. The Bertz CT molecular complexity index is 183. The van der Waals surface area contributed by atoms with Crippen LogP contribution in [-0.2, 0) is 4.74 Å². The minimum Gasteiger partial charge on any atom is -0.378 e. The zero-order valence-corrected chi connectivity index (χ0v) is 11.3. The van der Waals surface area contributed by atoms with Crippen molar-refractivity contribution in [2.75, 3.05) is 19.7 Å². The van der Waals surface area contributed by atoms with Crippen molar-refractivity contribution in [1.29, 1.82) is 0 Å². The van der Waals surface area contributed by atoms with Gasteiger partial charge in [0.25, 0.3) is 0 Å². The quantitative estimate of drug-likeness (QED) is 0.729. The van der Waals surface area contributed by atoms with Crippen molar-refractivity contribution in [2.24, 2.45) is 0 Å². The maximum absolute atomic E-state index is 5.59. The molecule has 0 radical (unpaired) electrons. The molecule has 16 heavy (non-hydrogen) atoms. The van der Waals surface area contributed by atoms with E-state index in [0.29, 0.717) is 12.1 Å². The molecule has 1 aliphatic rings. The van der Waals surface area contributed by atoms with Crippen LogP contribution in [0.1, 0.15) is 47.0 Å². The number of ether oxygens (including phenoxy) is 1. The predicted octanol–water partition coefficient (Wildman–Crippen LogP) is 1.92. The SMILES string of the molecule is CC(CNC(C)(C)C)NCCC1CCCO1. The molecule has 1 rings (SSSR count). The Labute approximate surface area is 100 Å². The van der Waals surface area contributed by atoms with Gasteiger partial charge in [-0.1, -0.05) is 0 Å². The van der Waals surface area contributed by atoms with E-state index in [1.54, 1.807) is 0 Å². The molecule has 1 saturated heterocycles. The van der Waals surface area contributed by atoms with E-state index in [0.717, 1.165) is 26.1 Å². The van der Waals surface area contributed by atoms with Gasteiger partial charge in [-0.05, 0) is 53.5 Å². The first-order chi connectivity index (χ1) is 7.47. The maximum atomic E-state index is 5.59. The third kappa shape index (κ3) is 6.46. The lowest BCUT2D eigenvalue weighted by Crippen LogP contribution is -2.45. The van der Waals surface area contributed by atoms with Crippen molar-refractivity contribution in [3.8, 4) is 0 Å². The number of rotatable bonds is 6. The summed E-state index contributed by atoms with van der Waals surface area (Å²) in [5.74, 6) is 0. The summed E-state index contributed by atoms with van der Waals surface area (Å²) in [5, 5.41) is 7.05. The molecular weight excluding hydrogens is 200 g/mol. The van der Waals surface area contributed by atoms with Crippen LogP contribution in [0.5, 0.6) is 0 Å². The van der Waals surface area contributed by atoms with Crippen LogP contribution in [0.3, 0.4) is 0 Å². The average Bonchev–Trinajstić information content (AvgIpc) is 2.66. The molecule has 3 heteroatoms. The molecule has 0 aliphatic carbocycles. The highest BCUT2D eigenvalue weighted by molar-refractivity contribution is 4.75. The molecule has 0 aromatic carbocycles. The Morgan fingerprint density at radius 3 is 2.69 bits per heavy atom. The monoisotopic (exact) mass is 228 g/mol. The molecule has 96 valence electrons. The van der Waals surface area contributed by atoms with Crippen LogP contribution in [0.2, 0.25) is 0 Å². The summed E-state index contributed by atoms with van der Waals surface area (Å²) in [6.07, 6.45) is 4.15. The molecule has 0 aromatic heterocycles. The highest BCUT2D eigenvalue weighted by Crippen LogP contribution is 2.14. The lowest BCUT2D eigenvalue weighted by molar-refractivity contribution is 0.103. The van der Waals surface area contributed by atoms with E-state index >= 15 is 0 Å². The smallest absolute Gasteiger partial charge is 0.0588 e. The molecule has 0 spiro atoms. The fourth-order valence-electron chi connectivity index (χ4n) is 1.89. The molecule has 3 nitrogen and oxygen atoms in total. The van der Waals surface area contributed by atoms with Gasteiger partial charge in [-0.25, -0.2) is 0 Å². The molecule has 0 amide bonds. The first kappa shape index (κ1) is 13.9. The summed E-state index contributed by atoms with van der Waals surface area (Å²) in [7, 11) is 0. The average molecular weight is 228 g/mol. The van der Waals surface area contributed by atoms with Crippen LogP contribution in [0.25, 0.3) is 0 Å². The Hall–Kier alpha value is -0.120. The van der Waals surface area contributed by atoms with Gasteiger partial charge in [-0.15, -0.1) is 0 Å². The van der Waals surface area contributed by atoms with E-state index in [9.17, 15) is 0 Å². The van der Waals surface area contributed by atoms with Crippen molar-refractivity contribution in [1.82, 2.24) is 10.6 Å². The maximum Gasteiger partial charge on any atom is 0.0588 e. The minimum absolute atomic E-state index is 0.213. The van der Waals surface area contributed by atoms with Crippen molar-refractivity contribution < 1.29 is 4.74 Å². The van der Waals surface area contributed by atoms with Crippen LogP contribution in [0.15, 0.2) is 0 Å². The standard InChI is InChI=1S/C13H28N2O/c1-11(10-15-13(2,3)4)14-8-7-12-6-5-9-16-12/h11-12,14-15H,5-10H2,1-4H3. The molecular formula is C13H28N2O. The Morgan fingerprint density at radius 2 is 2.12 bits per heavy atom. The molecule has 1 heterocycles. The van der Waals surface area contributed by atoms with E-state index in [1.807, 2.05) is 0 Å². The summed E-state index contributed by atoms with van der Waals surface area (Å²) in [5.41, 5.74) is 0.213. The molecule has 0 saturated carbocycles. The van der Waals surface area contributed by atoms with Crippen LogP contribution >= 0.6 is 0 Å². The normalized spacial score (nSPS) is 23.6. The molecule has 2 N–H and O–H groups in total. The summed E-state index contributed by atoms with van der Waals surface area (Å²) >= 11 is 0. The van der Waals surface area contributed by atoms with E-state index in [1.165, 1.54) is 12.8 Å². The third-order valence-corrected chi connectivity index (χ3v) is 2.92. The van der Waals surface area contributed by atoms with Crippen LogP contribution in [0.4, 0.5) is 0 Å². The molecule has 2 unspecified atom stereocenters. The second-order valence-corrected chi connectivity index (χ2v) is 5.91. The van der Waals surface area contributed by atoms with E-state index in [4.69, 9.17) is 4.74 Å². The van der Waals surface area contributed by atoms with Gasteiger partial charge < -0.3 is 15.4 Å². The second-order valence-electron chi connectivity index (χ2n) is 5.91. The van der Waals surface area contributed by atoms with Crippen molar-refractivity contribution in [2.45, 2.75) is 64.6 Å². The van der Waals surface area contributed by atoms with Gasteiger partial charge >= 0.3 is 0 Å². The number of hydrogen-bond donors (Lipinski definition) is 2. The van der Waals surface area contributed by atoms with Crippen LogP contribution < -0.4 is 10.6 Å². The number of hydrogen-bond acceptors (Lipinski definition) is 3. The Morgan fingerprint density at radius 1 is 1.38 bits per heavy atom. The highest BCUT2D eigenvalue weighted by atomic mass is 16.5. The fraction of sp³-hybridized carbons (Fsp3) is 1.00. The molecule has 0 aromatic rings. The van der Waals surface area contributed by atoms with E-state index < -0.39 is 0 Å². The van der Waals surface area contributed by atoms with Crippen molar-refractivity contribution >= 4 is 0 Å². The Balaban J connectivity index is 1.99. The minimum atomic E-state index is 0.213. The molecule has 0 bridgehead atoms. The largest absolute Gasteiger partial charge is 0.378 e. The lowest BCUT2D eigenvalue weighted by atomic mass is 10.1. The van der Waals surface area contributed by atoms with Gasteiger partial charge in [0, 0.05) is 24.7 Å². The summed E-state index contributed by atoms with van der Waals surface area (Å²) in [6.45, 7) is 11.9. The van der Waals surface area contributed by atoms with Crippen molar-refractivity contribution in [3.63, 3.8) is 0 Å². The first-order valence-corrected chi connectivity index (χ1v) is 6.57. The van der Waals surface area contributed by atoms with Crippen molar-refractivity contribution in [3.05, 3.63) is 0 Å². The predicted molar refractivity (Wildman–Crippen MR) is 68.8 cm³/mol. The van der Waals surface area contributed by atoms with Gasteiger partial charge in [0.05, 0.1) is 6.10 Å². The molecule has 1 aliphatic heterocycles. The van der Waals surface area contributed by atoms with Crippen LogP contribution in [-0.4, -0.2) is 37.4 Å². The van der Waals surface area contributed by atoms with Gasteiger partial charge in [0.1, 0.15) is 0 Å². The fourth-order valence-corrected chi connectivity index (χ4v) is 1.89. The van der Waals surface area contributed by atoms with Gasteiger partial charge in [0.2, 0.25) is 0 Å². The number of nitrogens with one attached hydrogen (secondary N) is 2. The second kappa shape index (κ2) is 6.58. The lowest BCUT2D eigenvalue weighted by Gasteiger charge is -2.24. The summed E-state index contributed by atoms with van der Waals surface area (Å²) in [6, 6.07) is 0.528. The molecule has 1 fully saturated rings. The Kier molecular flexibility index (Phi) is 5.73. The zero-order chi connectivity index (χ0) is 12.0. The third-order valence-electron chi connectivity index (χ3n) is 2.92. The summed E-state index contributed by atoms with van der Waals surface area (Å²) in [4.78, 5) is 0. The first-order valence-electron chi connectivity index (χ1n) is 6.57. The van der Waals surface area contributed by atoms with Crippen LogP contribution in [0, 0.1) is 0 Å². The van der Waals surface area contributed by atoms with Gasteiger partial charge in [0.15, 0.2) is 0 Å². The van der Waals surface area contributed by atoms with Gasteiger partial charge in [-0.3, -0.25) is 0 Å². The zero-order valence-electron chi connectivity index (χ0n) is 11.3. The van der Waals surface area contributed by atoms with E-state index in [2.05, 4.69) is 38.3 Å². The molecule has 2 atom stereocenters. The van der Waals surface area contributed by atoms with Gasteiger partial charge in [-0.2, -0.15) is 0 Å². The summed E-state index contributed by atoms with van der Waals surface area (Å²) < 4.78 is 5.59.